The van der Waals surface area contributed by atoms with Crippen LogP contribution in [0, 0.1) is 0 Å². The second-order valence-corrected chi connectivity index (χ2v) is 8.10. The molecule has 29 heavy (non-hydrogen) atoms. The van der Waals surface area contributed by atoms with Gasteiger partial charge in [-0.15, -0.1) is 11.3 Å². The number of benzene rings is 1. The molecule has 1 aliphatic rings. The summed E-state index contributed by atoms with van der Waals surface area (Å²) in [5.41, 5.74) is 1.48. The van der Waals surface area contributed by atoms with Crippen molar-refractivity contribution in [3.8, 4) is 16.4 Å². The number of carbonyl (C=O) groups is 1. The summed E-state index contributed by atoms with van der Waals surface area (Å²) in [6, 6.07) is 13.8. The third-order valence-corrected chi connectivity index (χ3v) is 6.18. The quantitative estimate of drug-likeness (QED) is 0.625. The van der Waals surface area contributed by atoms with Crippen LogP contribution in [0.25, 0.3) is 10.6 Å². The number of methoxy groups -OCH3 is 1. The average Bonchev–Trinajstić information content (AvgIpc) is 3.47. The first kappa shape index (κ1) is 19.7. The number of rotatable bonds is 7. The molecule has 2 aromatic heterocycles. The summed E-state index contributed by atoms with van der Waals surface area (Å²) < 4.78 is 10.6. The van der Waals surface area contributed by atoms with Crippen molar-refractivity contribution in [2.24, 2.45) is 0 Å². The number of hydrogen-bond acceptors (Lipinski definition) is 6. The summed E-state index contributed by atoms with van der Waals surface area (Å²) in [6.07, 6.45) is 3.64. The normalized spacial score (nSPS) is 15.8. The van der Waals surface area contributed by atoms with Gasteiger partial charge >= 0.3 is 0 Å². The van der Waals surface area contributed by atoms with E-state index in [1.807, 2.05) is 29.6 Å². The van der Waals surface area contributed by atoms with Gasteiger partial charge < -0.3 is 14.6 Å². The molecule has 4 rings (SSSR count). The zero-order valence-corrected chi connectivity index (χ0v) is 17.3. The molecule has 0 saturated carbocycles. The summed E-state index contributed by atoms with van der Waals surface area (Å²) in [6.45, 7) is 2.60. The maximum Gasteiger partial charge on any atom is 0.273 e. The minimum atomic E-state index is -0.216. The number of likely N-dealkylation sites (tertiary alicyclic amines) is 1. The number of nitrogens with zero attached hydrogens (tertiary/aromatic N) is 2. The summed E-state index contributed by atoms with van der Waals surface area (Å²) >= 11 is 1.56. The highest BCUT2D eigenvalue weighted by molar-refractivity contribution is 7.13. The maximum atomic E-state index is 12.7. The molecule has 0 spiro atoms. The van der Waals surface area contributed by atoms with E-state index < -0.39 is 0 Å². The topological polar surface area (TPSA) is 67.6 Å². The number of ether oxygens (including phenoxy) is 1. The highest BCUT2D eigenvalue weighted by Gasteiger charge is 2.24. The Morgan fingerprint density at radius 3 is 2.72 bits per heavy atom. The van der Waals surface area contributed by atoms with Crippen molar-refractivity contribution in [2.75, 3.05) is 26.7 Å². The molecular weight excluding hydrogens is 386 g/mol. The minimum absolute atomic E-state index is 0.119. The Balaban J connectivity index is 1.46. The van der Waals surface area contributed by atoms with Gasteiger partial charge in [0.1, 0.15) is 5.75 Å². The van der Waals surface area contributed by atoms with Gasteiger partial charge in [0.25, 0.3) is 5.91 Å². The maximum absolute atomic E-state index is 12.7. The van der Waals surface area contributed by atoms with Gasteiger partial charge in [0, 0.05) is 12.6 Å². The van der Waals surface area contributed by atoms with Crippen molar-refractivity contribution >= 4 is 17.2 Å². The molecule has 3 heterocycles. The van der Waals surface area contributed by atoms with Crippen LogP contribution in [0.15, 0.2) is 52.4 Å². The average molecular weight is 412 g/mol. The molecule has 1 aliphatic heterocycles. The molecule has 7 heteroatoms. The molecule has 1 amide bonds. The lowest BCUT2D eigenvalue weighted by atomic mass is 10.0. The molecule has 0 radical (unpaired) electrons. The van der Waals surface area contributed by atoms with Crippen molar-refractivity contribution in [1.29, 1.82) is 0 Å². The third-order valence-electron chi connectivity index (χ3n) is 5.29. The van der Waals surface area contributed by atoms with Crippen LogP contribution in [0.5, 0.6) is 5.75 Å². The predicted octanol–water partition coefficient (Wildman–Crippen LogP) is 4.37. The highest BCUT2D eigenvalue weighted by Crippen LogP contribution is 2.27. The molecule has 6 nitrogen and oxygen atoms in total. The standard InChI is InChI=1S/C22H25N3O3S/c1-27-17-9-7-16(8-10-17)19(25-11-3-2-4-12-25)15-23-22(26)18-14-20(28-24-18)21-6-5-13-29-21/h5-10,13-14,19H,2-4,11-12,15H2,1H3,(H,23,26)/t19-/m0/s1. The predicted molar refractivity (Wildman–Crippen MR) is 113 cm³/mol. The van der Waals surface area contributed by atoms with Crippen LogP contribution in [0.4, 0.5) is 0 Å². The first-order valence-corrected chi connectivity index (χ1v) is 10.8. The fourth-order valence-corrected chi connectivity index (χ4v) is 4.38. The van der Waals surface area contributed by atoms with Gasteiger partial charge in [-0.3, -0.25) is 9.69 Å². The smallest absolute Gasteiger partial charge is 0.273 e. The Bertz CT molecular complexity index is 915. The van der Waals surface area contributed by atoms with Crippen molar-refractivity contribution < 1.29 is 14.1 Å². The van der Waals surface area contributed by atoms with E-state index in [1.165, 1.54) is 24.8 Å². The summed E-state index contributed by atoms with van der Waals surface area (Å²) in [7, 11) is 1.67. The lowest BCUT2D eigenvalue weighted by molar-refractivity contribution is 0.0915. The van der Waals surface area contributed by atoms with Crippen molar-refractivity contribution in [2.45, 2.75) is 25.3 Å². The Morgan fingerprint density at radius 1 is 1.24 bits per heavy atom. The van der Waals surface area contributed by atoms with E-state index >= 15 is 0 Å². The Kier molecular flexibility index (Phi) is 6.27. The van der Waals surface area contributed by atoms with Crippen LogP contribution in [0.1, 0.15) is 41.4 Å². The largest absolute Gasteiger partial charge is 0.497 e. The van der Waals surface area contributed by atoms with Gasteiger partial charge in [-0.2, -0.15) is 0 Å². The van der Waals surface area contributed by atoms with Crippen LogP contribution < -0.4 is 10.1 Å². The Morgan fingerprint density at radius 2 is 2.03 bits per heavy atom. The third kappa shape index (κ3) is 4.68. The number of carbonyl (C=O) groups excluding carboxylic acids is 1. The molecule has 0 unspecified atom stereocenters. The van der Waals surface area contributed by atoms with Gasteiger partial charge in [0.05, 0.1) is 18.0 Å². The van der Waals surface area contributed by atoms with E-state index in [9.17, 15) is 4.79 Å². The second kappa shape index (κ2) is 9.24. The lowest BCUT2D eigenvalue weighted by Gasteiger charge is -2.35. The molecule has 1 aromatic carbocycles. The van der Waals surface area contributed by atoms with Gasteiger partial charge in [0.15, 0.2) is 11.5 Å². The highest BCUT2D eigenvalue weighted by atomic mass is 32.1. The fourth-order valence-electron chi connectivity index (χ4n) is 3.71. The van der Waals surface area contributed by atoms with E-state index in [1.54, 1.807) is 24.5 Å². The summed E-state index contributed by atoms with van der Waals surface area (Å²) in [5, 5.41) is 8.97. The minimum Gasteiger partial charge on any atom is -0.497 e. The van der Waals surface area contributed by atoms with Gasteiger partial charge in [-0.25, -0.2) is 0 Å². The number of hydrogen-bond donors (Lipinski definition) is 1. The molecule has 1 saturated heterocycles. The lowest BCUT2D eigenvalue weighted by Crippen LogP contribution is -2.40. The number of amides is 1. The molecular formula is C22H25N3O3S. The van der Waals surface area contributed by atoms with Crippen LogP contribution in [0.3, 0.4) is 0 Å². The second-order valence-electron chi connectivity index (χ2n) is 7.15. The van der Waals surface area contributed by atoms with E-state index in [0.29, 0.717) is 18.0 Å². The van der Waals surface area contributed by atoms with Gasteiger partial charge in [-0.1, -0.05) is 29.8 Å². The molecule has 0 aliphatic carbocycles. The zero-order chi connectivity index (χ0) is 20.1. The molecule has 1 atom stereocenters. The molecule has 0 bridgehead atoms. The summed E-state index contributed by atoms with van der Waals surface area (Å²) in [4.78, 5) is 16.1. The van der Waals surface area contributed by atoms with Crippen LogP contribution in [0.2, 0.25) is 0 Å². The Hall–Kier alpha value is -2.64. The monoisotopic (exact) mass is 411 g/mol. The molecule has 3 aromatic rings. The molecule has 1 N–H and O–H groups in total. The Labute approximate surface area is 174 Å². The van der Waals surface area contributed by atoms with Crippen LogP contribution in [-0.4, -0.2) is 42.7 Å². The van der Waals surface area contributed by atoms with E-state index in [0.717, 1.165) is 23.7 Å². The summed E-state index contributed by atoms with van der Waals surface area (Å²) in [5.74, 6) is 1.24. The van der Waals surface area contributed by atoms with E-state index in [4.69, 9.17) is 9.26 Å². The SMILES string of the molecule is COc1ccc([C@H](CNC(=O)c2cc(-c3cccs3)on2)N2CCCCC2)cc1. The molecule has 152 valence electrons. The molecule has 1 fully saturated rings. The zero-order valence-electron chi connectivity index (χ0n) is 16.5. The number of piperidine rings is 1. The first-order valence-electron chi connectivity index (χ1n) is 9.91. The number of nitrogens with one attached hydrogen (secondary N) is 1. The fraction of sp³-hybridized carbons (Fsp3) is 0.364. The van der Waals surface area contributed by atoms with E-state index in [-0.39, 0.29) is 11.9 Å². The van der Waals surface area contributed by atoms with E-state index in [2.05, 4.69) is 27.5 Å². The first-order chi connectivity index (χ1) is 14.2. The van der Waals surface area contributed by atoms with Gasteiger partial charge in [0.2, 0.25) is 0 Å². The van der Waals surface area contributed by atoms with Crippen molar-refractivity contribution in [1.82, 2.24) is 15.4 Å². The van der Waals surface area contributed by atoms with Crippen LogP contribution >= 0.6 is 11.3 Å². The van der Waals surface area contributed by atoms with Crippen molar-refractivity contribution in [3.05, 3.63) is 59.1 Å². The van der Waals surface area contributed by atoms with Crippen molar-refractivity contribution in [3.63, 3.8) is 0 Å². The number of thiophene rings is 1. The van der Waals surface area contributed by atoms with Gasteiger partial charge in [-0.05, 0) is 55.1 Å². The number of aromatic nitrogens is 1. The van der Waals surface area contributed by atoms with Crippen LogP contribution in [-0.2, 0) is 0 Å².